The molecule has 0 fully saturated rings. The lowest BCUT2D eigenvalue weighted by Gasteiger charge is -2.07. The first kappa shape index (κ1) is 10.8. The van der Waals surface area contributed by atoms with E-state index in [0.29, 0.717) is 0 Å². The number of hydrogen-bond donors (Lipinski definition) is 0. The van der Waals surface area contributed by atoms with Gasteiger partial charge in [0.05, 0.1) is 0 Å². The largest absolute Gasteiger partial charge is 0.120 e. The first-order valence-electron chi connectivity index (χ1n) is 4.03. The Morgan fingerprint density at radius 3 is 2.77 bits per heavy atom. The maximum atomic E-state index is 5.33. The first-order chi connectivity index (χ1) is 6.13. The molecule has 0 saturated heterocycles. The third-order valence-corrected chi connectivity index (χ3v) is 3.09. The van der Waals surface area contributed by atoms with Crippen molar-refractivity contribution < 1.29 is 0 Å². The molecule has 0 bridgehead atoms. The third kappa shape index (κ3) is 3.17. The highest BCUT2D eigenvalue weighted by molar-refractivity contribution is 9.11. The highest BCUT2D eigenvalue weighted by atomic mass is 79.9. The fourth-order valence-corrected chi connectivity index (χ4v) is 1.91. The van der Waals surface area contributed by atoms with E-state index in [1.807, 2.05) is 19.1 Å². The monoisotopic (exact) mass is 300 g/mol. The van der Waals surface area contributed by atoms with Crippen LogP contribution in [0.1, 0.15) is 12.5 Å². The number of halogens is 2. The Morgan fingerprint density at radius 1 is 1.46 bits per heavy atom. The van der Waals surface area contributed by atoms with Gasteiger partial charge in [0.25, 0.3) is 0 Å². The quantitative estimate of drug-likeness (QED) is 0.724. The highest BCUT2D eigenvalue weighted by Gasteiger charge is 2.04. The molecule has 1 atom stereocenters. The summed E-state index contributed by atoms with van der Waals surface area (Å²) >= 11 is 6.93. The molecule has 13 heavy (non-hydrogen) atoms. The lowest BCUT2D eigenvalue weighted by Crippen LogP contribution is -1.96. The second-order valence-electron chi connectivity index (χ2n) is 3.01. The van der Waals surface area contributed by atoms with E-state index >= 15 is 0 Å². The van der Waals surface area contributed by atoms with Gasteiger partial charge in [0.1, 0.15) is 0 Å². The zero-order valence-electron chi connectivity index (χ0n) is 7.35. The molecule has 0 spiro atoms. The summed E-state index contributed by atoms with van der Waals surface area (Å²) in [5, 5.41) is 0. The summed E-state index contributed by atoms with van der Waals surface area (Å²) in [4.78, 5) is 0. The Balaban J connectivity index is 2.88. The van der Waals surface area contributed by atoms with E-state index in [0.717, 1.165) is 15.4 Å². The van der Waals surface area contributed by atoms with Crippen LogP contribution in [0.25, 0.3) is 0 Å². The summed E-state index contributed by atoms with van der Waals surface area (Å²) in [5.74, 6) is 3.01. The van der Waals surface area contributed by atoms with Crippen molar-refractivity contribution in [3.8, 4) is 12.3 Å². The number of terminal acetylenes is 1. The molecule has 2 heteroatoms. The van der Waals surface area contributed by atoms with Crippen LogP contribution < -0.4 is 0 Å². The Labute approximate surface area is 96.0 Å². The fraction of sp³-hybridized carbons (Fsp3) is 0.273. The Bertz CT molecular complexity index is 336. The molecule has 0 heterocycles. The summed E-state index contributed by atoms with van der Waals surface area (Å²) in [6.07, 6.45) is 6.24. The van der Waals surface area contributed by atoms with Crippen molar-refractivity contribution >= 4 is 31.9 Å². The van der Waals surface area contributed by atoms with Crippen molar-refractivity contribution in [2.75, 3.05) is 0 Å². The molecule has 0 amide bonds. The normalized spacial score (nSPS) is 12.2. The predicted octanol–water partition coefficient (Wildman–Crippen LogP) is 4.02. The smallest absolute Gasteiger partial charge is 0.0212 e. The molecule has 1 aromatic rings. The number of hydrogen-bond acceptors (Lipinski definition) is 0. The van der Waals surface area contributed by atoms with Gasteiger partial charge in [0.15, 0.2) is 0 Å². The minimum atomic E-state index is 0.283. The van der Waals surface area contributed by atoms with Gasteiger partial charge in [-0.25, -0.2) is 0 Å². The van der Waals surface area contributed by atoms with Gasteiger partial charge in [-0.05, 0) is 30.2 Å². The van der Waals surface area contributed by atoms with Gasteiger partial charge in [-0.15, -0.1) is 12.3 Å². The highest BCUT2D eigenvalue weighted by Crippen LogP contribution is 2.23. The topological polar surface area (TPSA) is 0 Å². The molecule has 1 unspecified atom stereocenters. The van der Waals surface area contributed by atoms with Crippen molar-refractivity contribution in [3.63, 3.8) is 0 Å². The van der Waals surface area contributed by atoms with Crippen LogP contribution in [0.4, 0.5) is 0 Å². The van der Waals surface area contributed by atoms with Gasteiger partial charge >= 0.3 is 0 Å². The summed E-state index contributed by atoms with van der Waals surface area (Å²) in [7, 11) is 0. The first-order valence-corrected chi connectivity index (χ1v) is 5.62. The maximum Gasteiger partial charge on any atom is 0.0212 e. The van der Waals surface area contributed by atoms with E-state index in [1.54, 1.807) is 0 Å². The number of rotatable bonds is 2. The summed E-state index contributed by atoms with van der Waals surface area (Å²) < 4.78 is 2.22. The van der Waals surface area contributed by atoms with Gasteiger partial charge in [-0.3, -0.25) is 0 Å². The Kier molecular flexibility index (Phi) is 4.02. The van der Waals surface area contributed by atoms with E-state index in [1.165, 1.54) is 5.56 Å². The van der Waals surface area contributed by atoms with Crippen LogP contribution in [-0.4, -0.2) is 0 Å². The molecule has 0 N–H and O–H groups in total. The van der Waals surface area contributed by atoms with Crippen molar-refractivity contribution in [1.29, 1.82) is 0 Å². The number of benzene rings is 1. The van der Waals surface area contributed by atoms with E-state index in [-0.39, 0.29) is 5.92 Å². The second-order valence-corrected chi connectivity index (χ2v) is 4.78. The standard InChI is InChI=1S/C11H10Br2/c1-3-8(2)6-9-7-10(12)4-5-11(9)13/h1,4-5,7-8H,6H2,2H3. The van der Waals surface area contributed by atoms with E-state index in [2.05, 4.69) is 43.8 Å². The molecular formula is C11H10Br2. The average molecular weight is 302 g/mol. The minimum absolute atomic E-state index is 0.283. The lowest BCUT2D eigenvalue weighted by atomic mass is 10.0. The Hall–Kier alpha value is -0.260. The summed E-state index contributed by atoms with van der Waals surface area (Å²) in [5.41, 5.74) is 1.25. The molecule has 1 aromatic carbocycles. The van der Waals surface area contributed by atoms with Crippen LogP contribution >= 0.6 is 31.9 Å². The van der Waals surface area contributed by atoms with Crippen molar-refractivity contribution in [1.82, 2.24) is 0 Å². The van der Waals surface area contributed by atoms with E-state index < -0.39 is 0 Å². The molecule has 0 aliphatic heterocycles. The molecule has 0 radical (unpaired) electrons. The fourth-order valence-electron chi connectivity index (χ4n) is 1.09. The van der Waals surface area contributed by atoms with E-state index in [4.69, 9.17) is 6.42 Å². The zero-order chi connectivity index (χ0) is 9.84. The SMILES string of the molecule is C#CC(C)Cc1cc(Br)ccc1Br. The molecular weight excluding hydrogens is 292 g/mol. The van der Waals surface area contributed by atoms with Crippen molar-refractivity contribution in [3.05, 3.63) is 32.7 Å². The van der Waals surface area contributed by atoms with Gasteiger partial charge in [0.2, 0.25) is 0 Å². The van der Waals surface area contributed by atoms with Gasteiger partial charge < -0.3 is 0 Å². The Morgan fingerprint density at radius 2 is 2.15 bits per heavy atom. The summed E-state index contributed by atoms with van der Waals surface area (Å²) in [6.45, 7) is 2.05. The van der Waals surface area contributed by atoms with E-state index in [9.17, 15) is 0 Å². The molecule has 68 valence electrons. The zero-order valence-corrected chi connectivity index (χ0v) is 10.5. The molecule has 0 aliphatic carbocycles. The summed E-state index contributed by atoms with van der Waals surface area (Å²) in [6, 6.07) is 6.13. The van der Waals surface area contributed by atoms with Gasteiger partial charge in [-0.2, -0.15) is 0 Å². The van der Waals surface area contributed by atoms with Crippen LogP contribution in [0.3, 0.4) is 0 Å². The van der Waals surface area contributed by atoms with Crippen LogP contribution in [0, 0.1) is 18.3 Å². The molecule has 1 rings (SSSR count). The third-order valence-electron chi connectivity index (χ3n) is 1.82. The maximum absolute atomic E-state index is 5.33. The molecule has 0 aromatic heterocycles. The van der Waals surface area contributed by atoms with Gasteiger partial charge in [-0.1, -0.05) is 38.8 Å². The van der Waals surface area contributed by atoms with Crippen LogP contribution in [-0.2, 0) is 6.42 Å². The van der Waals surface area contributed by atoms with Crippen LogP contribution in [0.5, 0.6) is 0 Å². The van der Waals surface area contributed by atoms with Gasteiger partial charge in [0, 0.05) is 14.9 Å². The van der Waals surface area contributed by atoms with Crippen molar-refractivity contribution in [2.24, 2.45) is 5.92 Å². The lowest BCUT2D eigenvalue weighted by molar-refractivity contribution is 0.748. The predicted molar refractivity (Wildman–Crippen MR) is 63.5 cm³/mol. The molecule has 0 saturated carbocycles. The average Bonchev–Trinajstić information content (AvgIpc) is 2.11. The molecule has 0 nitrogen and oxygen atoms in total. The van der Waals surface area contributed by atoms with Crippen molar-refractivity contribution in [2.45, 2.75) is 13.3 Å². The van der Waals surface area contributed by atoms with Crippen LogP contribution in [0.2, 0.25) is 0 Å². The minimum Gasteiger partial charge on any atom is -0.120 e. The molecule has 0 aliphatic rings. The second kappa shape index (κ2) is 4.83. The van der Waals surface area contributed by atoms with Crippen LogP contribution in [0.15, 0.2) is 27.1 Å².